The van der Waals surface area contributed by atoms with E-state index in [1.165, 1.54) is 11.1 Å². The van der Waals surface area contributed by atoms with Crippen LogP contribution in [0.5, 0.6) is 0 Å². The van der Waals surface area contributed by atoms with Gasteiger partial charge < -0.3 is 10.6 Å². The monoisotopic (exact) mass is 323 g/mol. The van der Waals surface area contributed by atoms with E-state index >= 15 is 0 Å². The zero-order chi connectivity index (χ0) is 14.9. The van der Waals surface area contributed by atoms with Crippen LogP contribution in [0.25, 0.3) is 0 Å². The summed E-state index contributed by atoms with van der Waals surface area (Å²) in [7, 11) is 0. The first kappa shape index (κ1) is 17.3. The lowest BCUT2D eigenvalue weighted by atomic mass is 9.90. The average molecular weight is 324 g/mol. The maximum absolute atomic E-state index is 12.5. The molecule has 2 N–H and O–H groups in total. The van der Waals surface area contributed by atoms with Gasteiger partial charge in [-0.25, -0.2) is 0 Å². The van der Waals surface area contributed by atoms with E-state index in [9.17, 15) is 4.79 Å². The summed E-state index contributed by atoms with van der Waals surface area (Å²) >= 11 is 0. The number of rotatable bonds is 3. The van der Waals surface area contributed by atoms with E-state index in [4.69, 9.17) is 5.73 Å². The summed E-state index contributed by atoms with van der Waals surface area (Å²) in [5, 5.41) is 0. The van der Waals surface area contributed by atoms with E-state index in [0.717, 1.165) is 39.0 Å². The molecular formula is C17H26ClN3O. The summed E-state index contributed by atoms with van der Waals surface area (Å²) in [6.45, 7) is 7.00. The largest absolute Gasteiger partial charge is 0.337 e. The summed E-state index contributed by atoms with van der Waals surface area (Å²) in [5.74, 6) is 0.255. The fourth-order valence-corrected chi connectivity index (χ4v) is 3.43. The van der Waals surface area contributed by atoms with Crippen LogP contribution in [-0.2, 0) is 17.8 Å². The summed E-state index contributed by atoms with van der Waals surface area (Å²) in [6, 6.07) is 8.44. The summed E-state index contributed by atoms with van der Waals surface area (Å²) in [4.78, 5) is 16.8. The van der Waals surface area contributed by atoms with E-state index in [0.29, 0.717) is 13.1 Å². The van der Waals surface area contributed by atoms with Crippen molar-refractivity contribution in [1.82, 2.24) is 9.80 Å². The lowest BCUT2D eigenvalue weighted by Crippen LogP contribution is -2.43. The molecule has 3 rings (SSSR count). The molecule has 0 aromatic heterocycles. The van der Waals surface area contributed by atoms with Gasteiger partial charge >= 0.3 is 0 Å². The molecule has 4 nitrogen and oxygen atoms in total. The van der Waals surface area contributed by atoms with Crippen LogP contribution in [0.3, 0.4) is 0 Å². The predicted octanol–water partition coefficient (Wildman–Crippen LogP) is 1.66. The van der Waals surface area contributed by atoms with Crippen molar-refractivity contribution in [3.8, 4) is 0 Å². The minimum absolute atomic E-state index is 0. The number of benzene rings is 1. The molecule has 1 atom stereocenters. The van der Waals surface area contributed by atoms with Crippen LogP contribution in [0.15, 0.2) is 24.3 Å². The van der Waals surface area contributed by atoms with Crippen LogP contribution in [0, 0.1) is 5.41 Å². The Labute approximate surface area is 139 Å². The number of amides is 1. The Kier molecular flexibility index (Phi) is 5.48. The van der Waals surface area contributed by atoms with Gasteiger partial charge in [-0.3, -0.25) is 9.69 Å². The fourth-order valence-electron chi connectivity index (χ4n) is 3.43. The lowest BCUT2D eigenvalue weighted by Gasteiger charge is -2.30. The van der Waals surface area contributed by atoms with E-state index < -0.39 is 0 Å². The molecule has 5 heteroatoms. The third-order valence-electron chi connectivity index (χ3n) is 4.97. The minimum atomic E-state index is 0. The van der Waals surface area contributed by atoms with E-state index in [1.54, 1.807) is 0 Å². The third kappa shape index (κ3) is 3.62. The molecule has 1 amide bonds. The number of likely N-dealkylation sites (tertiary alicyclic amines) is 1. The Balaban J connectivity index is 0.00000176. The summed E-state index contributed by atoms with van der Waals surface area (Å²) < 4.78 is 0. The lowest BCUT2D eigenvalue weighted by molar-refractivity contribution is -0.133. The van der Waals surface area contributed by atoms with Crippen molar-refractivity contribution in [2.24, 2.45) is 11.1 Å². The first-order valence-electron chi connectivity index (χ1n) is 7.87. The van der Waals surface area contributed by atoms with Gasteiger partial charge in [0.15, 0.2) is 0 Å². The molecule has 2 aliphatic heterocycles. The van der Waals surface area contributed by atoms with Gasteiger partial charge in [-0.05, 0) is 42.5 Å². The maximum atomic E-state index is 12.5. The number of nitrogens with zero attached hydrogens (tertiary/aromatic N) is 2. The SMILES string of the molecule is CC1(CN)CCN(CC(=O)N2CCc3ccccc3C2)C1.Cl. The Morgan fingerprint density at radius 1 is 1.27 bits per heavy atom. The van der Waals surface area contributed by atoms with Crippen molar-refractivity contribution in [2.45, 2.75) is 26.3 Å². The molecule has 1 unspecified atom stereocenters. The molecule has 22 heavy (non-hydrogen) atoms. The van der Waals surface area contributed by atoms with Crippen LogP contribution in [-0.4, -0.2) is 48.4 Å². The Bertz CT molecular complexity index is 536. The second-order valence-electron chi connectivity index (χ2n) is 6.81. The van der Waals surface area contributed by atoms with Crippen molar-refractivity contribution in [1.29, 1.82) is 0 Å². The van der Waals surface area contributed by atoms with Gasteiger partial charge in [0.05, 0.1) is 6.54 Å². The molecule has 1 aromatic carbocycles. The highest BCUT2D eigenvalue weighted by molar-refractivity contribution is 5.85. The van der Waals surface area contributed by atoms with Crippen LogP contribution >= 0.6 is 12.4 Å². The molecule has 0 bridgehead atoms. The smallest absolute Gasteiger partial charge is 0.237 e. The zero-order valence-corrected chi connectivity index (χ0v) is 14.1. The minimum Gasteiger partial charge on any atom is -0.337 e. The Morgan fingerprint density at radius 3 is 2.68 bits per heavy atom. The fraction of sp³-hybridized carbons (Fsp3) is 0.588. The second kappa shape index (κ2) is 6.99. The molecule has 2 aliphatic rings. The standard InChI is InChI=1S/C17H25N3O.ClH/c1-17(12-18)7-9-19(13-17)11-16(21)20-8-6-14-4-2-3-5-15(14)10-20;/h2-5H,6-13,18H2,1H3;1H. The average Bonchev–Trinajstić information content (AvgIpc) is 2.88. The molecule has 122 valence electrons. The van der Waals surface area contributed by atoms with Crippen molar-refractivity contribution < 1.29 is 4.79 Å². The quantitative estimate of drug-likeness (QED) is 0.920. The molecule has 0 saturated carbocycles. The molecule has 2 heterocycles. The highest BCUT2D eigenvalue weighted by Crippen LogP contribution is 2.28. The van der Waals surface area contributed by atoms with Gasteiger partial charge in [0.25, 0.3) is 0 Å². The number of carbonyl (C=O) groups is 1. The first-order chi connectivity index (χ1) is 10.1. The molecular weight excluding hydrogens is 298 g/mol. The van der Waals surface area contributed by atoms with Gasteiger partial charge in [0, 0.05) is 19.6 Å². The molecule has 1 saturated heterocycles. The van der Waals surface area contributed by atoms with Crippen molar-refractivity contribution in [2.75, 3.05) is 32.7 Å². The van der Waals surface area contributed by atoms with Gasteiger partial charge in [-0.2, -0.15) is 0 Å². The second-order valence-corrected chi connectivity index (χ2v) is 6.81. The number of halogens is 1. The number of hydrogen-bond acceptors (Lipinski definition) is 3. The highest BCUT2D eigenvalue weighted by atomic mass is 35.5. The topological polar surface area (TPSA) is 49.6 Å². The van der Waals surface area contributed by atoms with Crippen LogP contribution < -0.4 is 5.73 Å². The predicted molar refractivity (Wildman–Crippen MR) is 91.0 cm³/mol. The maximum Gasteiger partial charge on any atom is 0.237 e. The van der Waals surface area contributed by atoms with Crippen LogP contribution in [0.2, 0.25) is 0 Å². The van der Waals surface area contributed by atoms with Gasteiger partial charge in [-0.1, -0.05) is 31.2 Å². The highest BCUT2D eigenvalue weighted by Gasteiger charge is 2.34. The molecule has 1 aromatic rings. The van der Waals surface area contributed by atoms with Gasteiger partial charge in [0.2, 0.25) is 5.91 Å². The number of carbonyl (C=O) groups excluding carboxylic acids is 1. The Hall–Kier alpha value is -1.10. The van der Waals surface area contributed by atoms with Crippen molar-refractivity contribution in [3.05, 3.63) is 35.4 Å². The van der Waals surface area contributed by atoms with E-state index in [-0.39, 0.29) is 23.7 Å². The van der Waals surface area contributed by atoms with Crippen LogP contribution in [0.4, 0.5) is 0 Å². The first-order valence-corrected chi connectivity index (χ1v) is 7.87. The van der Waals surface area contributed by atoms with E-state index in [2.05, 4.69) is 36.1 Å². The Morgan fingerprint density at radius 2 is 2.00 bits per heavy atom. The van der Waals surface area contributed by atoms with Gasteiger partial charge in [0.1, 0.15) is 0 Å². The number of nitrogens with two attached hydrogens (primary N) is 1. The van der Waals surface area contributed by atoms with E-state index in [1.807, 2.05) is 4.90 Å². The number of fused-ring (bicyclic) bond motifs is 1. The molecule has 0 spiro atoms. The van der Waals surface area contributed by atoms with Gasteiger partial charge in [-0.15, -0.1) is 12.4 Å². The number of hydrogen-bond donors (Lipinski definition) is 1. The summed E-state index contributed by atoms with van der Waals surface area (Å²) in [5.41, 5.74) is 8.71. The molecule has 0 radical (unpaired) electrons. The third-order valence-corrected chi connectivity index (χ3v) is 4.97. The summed E-state index contributed by atoms with van der Waals surface area (Å²) in [6.07, 6.45) is 2.07. The van der Waals surface area contributed by atoms with Crippen molar-refractivity contribution >= 4 is 18.3 Å². The van der Waals surface area contributed by atoms with Crippen LogP contribution in [0.1, 0.15) is 24.5 Å². The molecule has 1 fully saturated rings. The molecule has 0 aliphatic carbocycles. The van der Waals surface area contributed by atoms with Crippen molar-refractivity contribution in [3.63, 3.8) is 0 Å². The zero-order valence-electron chi connectivity index (χ0n) is 13.3. The normalized spacial score (nSPS) is 24.7.